The van der Waals surface area contributed by atoms with Gasteiger partial charge in [-0.3, -0.25) is 4.99 Å². The summed E-state index contributed by atoms with van der Waals surface area (Å²) in [5, 5.41) is 17.0. The molecule has 2 rings (SSSR count). The summed E-state index contributed by atoms with van der Waals surface area (Å²) < 4.78 is 5.98. The van der Waals surface area contributed by atoms with Gasteiger partial charge in [0.15, 0.2) is 5.96 Å². The molecule has 3 N–H and O–H groups in total. The molecule has 1 aliphatic rings. The van der Waals surface area contributed by atoms with Crippen molar-refractivity contribution >= 4 is 29.9 Å². The molecule has 1 fully saturated rings. The minimum atomic E-state index is -0.619. The van der Waals surface area contributed by atoms with E-state index < -0.39 is 5.60 Å². The lowest BCUT2D eigenvalue weighted by Crippen LogP contribution is -2.43. The summed E-state index contributed by atoms with van der Waals surface area (Å²) in [6.07, 6.45) is 3.91. The normalized spacial score (nSPS) is 17.5. The molecule has 1 unspecified atom stereocenters. The Hall–Kier alpha value is -1.02. The van der Waals surface area contributed by atoms with E-state index in [1.54, 1.807) is 0 Å². The number of aliphatic imine (C=N–C) groups is 1. The molecule has 0 aromatic heterocycles. The fourth-order valence-corrected chi connectivity index (χ4v) is 2.95. The third-order valence-corrected chi connectivity index (χ3v) is 4.39. The summed E-state index contributed by atoms with van der Waals surface area (Å²) in [7, 11) is 0. The SMILES string of the molecule is CCNC(=NCC1(O)CCCC1)NCC(C)Oc1ccccc1C.I. The van der Waals surface area contributed by atoms with Crippen LogP contribution in [-0.2, 0) is 0 Å². The van der Waals surface area contributed by atoms with Crippen LogP contribution >= 0.6 is 24.0 Å². The van der Waals surface area contributed by atoms with Gasteiger partial charge in [-0.1, -0.05) is 31.0 Å². The van der Waals surface area contributed by atoms with E-state index >= 15 is 0 Å². The number of halogens is 1. The van der Waals surface area contributed by atoms with Crippen LogP contribution in [-0.4, -0.2) is 42.4 Å². The minimum Gasteiger partial charge on any atom is -0.489 e. The molecular formula is C19H32IN3O2. The number of benzene rings is 1. The summed E-state index contributed by atoms with van der Waals surface area (Å²) in [4.78, 5) is 4.55. The van der Waals surface area contributed by atoms with Crippen LogP contribution in [0.15, 0.2) is 29.3 Å². The Morgan fingerprint density at radius 2 is 1.96 bits per heavy atom. The number of rotatable bonds is 7. The maximum Gasteiger partial charge on any atom is 0.191 e. The Balaban J connectivity index is 0.00000312. The maximum absolute atomic E-state index is 10.4. The van der Waals surface area contributed by atoms with Crippen molar-refractivity contribution in [3.63, 3.8) is 0 Å². The van der Waals surface area contributed by atoms with Gasteiger partial charge in [0.2, 0.25) is 0 Å². The number of nitrogens with one attached hydrogen (secondary N) is 2. The maximum atomic E-state index is 10.4. The highest BCUT2D eigenvalue weighted by Crippen LogP contribution is 2.29. The lowest BCUT2D eigenvalue weighted by atomic mass is 10.0. The molecule has 142 valence electrons. The molecular weight excluding hydrogens is 429 g/mol. The quantitative estimate of drug-likeness (QED) is 0.332. The molecule has 6 heteroatoms. The Morgan fingerprint density at radius 3 is 2.60 bits per heavy atom. The van der Waals surface area contributed by atoms with E-state index in [1.165, 1.54) is 0 Å². The molecule has 0 radical (unpaired) electrons. The van der Waals surface area contributed by atoms with Crippen LogP contribution in [0.4, 0.5) is 0 Å². The zero-order valence-corrected chi connectivity index (χ0v) is 17.9. The largest absolute Gasteiger partial charge is 0.489 e. The smallest absolute Gasteiger partial charge is 0.191 e. The van der Waals surface area contributed by atoms with Crippen LogP contribution in [0.25, 0.3) is 0 Å². The molecule has 0 aliphatic heterocycles. The predicted octanol–water partition coefficient (Wildman–Crippen LogP) is 3.24. The fourth-order valence-electron chi connectivity index (χ4n) is 2.95. The second-order valence-corrected chi connectivity index (χ2v) is 6.70. The van der Waals surface area contributed by atoms with Crippen LogP contribution in [0.1, 0.15) is 45.1 Å². The van der Waals surface area contributed by atoms with Gasteiger partial charge in [0.25, 0.3) is 0 Å². The molecule has 1 aromatic carbocycles. The van der Waals surface area contributed by atoms with E-state index in [0.717, 1.165) is 49.5 Å². The van der Waals surface area contributed by atoms with E-state index in [-0.39, 0.29) is 30.1 Å². The highest BCUT2D eigenvalue weighted by atomic mass is 127. The monoisotopic (exact) mass is 461 g/mol. The van der Waals surface area contributed by atoms with Crippen molar-refractivity contribution in [1.29, 1.82) is 0 Å². The predicted molar refractivity (Wildman–Crippen MR) is 114 cm³/mol. The van der Waals surface area contributed by atoms with Crippen molar-refractivity contribution in [3.05, 3.63) is 29.8 Å². The van der Waals surface area contributed by atoms with Crippen LogP contribution in [0, 0.1) is 6.92 Å². The molecule has 1 aliphatic carbocycles. The number of aryl methyl sites for hydroxylation is 1. The molecule has 0 heterocycles. The van der Waals surface area contributed by atoms with Crippen molar-refractivity contribution in [1.82, 2.24) is 10.6 Å². The fraction of sp³-hybridized carbons (Fsp3) is 0.632. The number of guanidine groups is 1. The average molecular weight is 461 g/mol. The zero-order valence-electron chi connectivity index (χ0n) is 15.5. The van der Waals surface area contributed by atoms with Gasteiger partial charge in [0.1, 0.15) is 11.9 Å². The molecule has 0 bridgehead atoms. The molecule has 0 saturated heterocycles. The third-order valence-electron chi connectivity index (χ3n) is 4.39. The Labute approximate surface area is 168 Å². The average Bonchev–Trinajstić information content (AvgIpc) is 2.99. The zero-order chi connectivity index (χ0) is 17.4. The number of nitrogens with zero attached hydrogens (tertiary/aromatic N) is 1. The Morgan fingerprint density at radius 1 is 1.28 bits per heavy atom. The van der Waals surface area contributed by atoms with Crippen molar-refractivity contribution < 1.29 is 9.84 Å². The minimum absolute atomic E-state index is 0. The van der Waals surface area contributed by atoms with Gasteiger partial charge >= 0.3 is 0 Å². The van der Waals surface area contributed by atoms with Gasteiger partial charge in [-0.25, -0.2) is 0 Å². The highest BCUT2D eigenvalue weighted by Gasteiger charge is 2.30. The van der Waals surface area contributed by atoms with E-state index in [0.29, 0.717) is 13.1 Å². The molecule has 1 aromatic rings. The van der Waals surface area contributed by atoms with E-state index in [2.05, 4.69) is 15.6 Å². The molecule has 1 atom stereocenters. The van der Waals surface area contributed by atoms with E-state index in [4.69, 9.17) is 4.74 Å². The second-order valence-electron chi connectivity index (χ2n) is 6.70. The van der Waals surface area contributed by atoms with Gasteiger partial charge < -0.3 is 20.5 Å². The lowest BCUT2D eigenvalue weighted by molar-refractivity contribution is 0.0574. The number of hydrogen-bond donors (Lipinski definition) is 3. The molecule has 0 amide bonds. The summed E-state index contributed by atoms with van der Waals surface area (Å²) in [5.41, 5.74) is 0.513. The number of hydrogen-bond acceptors (Lipinski definition) is 3. The van der Waals surface area contributed by atoms with E-state index in [1.807, 2.05) is 45.0 Å². The highest BCUT2D eigenvalue weighted by molar-refractivity contribution is 14.0. The Kier molecular flexibility index (Phi) is 9.56. The van der Waals surface area contributed by atoms with Gasteiger partial charge in [-0.05, 0) is 45.2 Å². The Bertz CT molecular complexity index is 545. The molecule has 1 saturated carbocycles. The first-order valence-electron chi connectivity index (χ1n) is 8.99. The summed E-state index contributed by atoms with van der Waals surface area (Å²) in [5.74, 6) is 1.65. The summed E-state index contributed by atoms with van der Waals surface area (Å²) in [6, 6.07) is 8.02. The van der Waals surface area contributed by atoms with Crippen molar-refractivity contribution in [2.45, 2.75) is 58.2 Å². The standard InChI is InChI=1S/C19H31N3O2.HI/c1-4-20-18(22-14-19(23)11-7-8-12-19)21-13-16(3)24-17-10-6-5-9-15(17)2;/h5-6,9-10,16,23H,4,7-8,11-14H2,1-3H3,(H2,20,21,22);1H. The first kappa shape index (κ1) is 22.0. The second kappa shape index (κ2) is 10.9. The number of aliphatic hydroxyl groups is 1. The first-order valence-corrected chi connectivity index (χ1v) is 8.99. The van der Waals surface area contributed by atoms with Crippen LogP contribution < -0.4 is 15.4 Å². The third kappa shape index (κ3) is 7.40. The topological polar surface area (TPSA) is 65.9 Å². The first-order chi connectivity index (χ1) is 11.5. The van der Waals surface area contributed by atoms with E-state index in [9.17, 15) is 5.11 Å². The van der Waals surface area contributed by atoms with Gasteiger partial charge in [-0.2, -0.15) is 0 Å². The number of para-hydroxylation sites is 1. The van der Waals surface area contributed by atoms with Gasteiger partial charge in [0, 0.05) is 6.54 Å². The van der Waals surface area contributed by atoms with Gasteiger partial charge in [-0.15, -0.1) is 24.0 Å². The summed E-state index contributed by atoms with van der Waals surface area (Å²) in [6.45, 7) is 8.01. The lowest BCUT2D eigenvalue weighted by Gasteiger charge is -2.22. The molecule has 0 spiro atoms. The molecule has 25 heavy (non-hydrogen) atoms. The summed E-state index contributed by atoms with van der Waals surface area (Å²) >= 11 is 0. The van der Waals surface area contributed by atoms with Crippen molar-refractivity contribution in [2.75, 3.05) is 19.6 Å². The van der Waals surface area contributed by atoms with Crippen LogP contribution in [0.5, 0.6) is 5.75 Å². The van der Waals surface area contributed by atoms with Crippen LogP contribution in [0.3, 0.4) is 0 Å². The van der Waals surface area contributed by atoms with Crippen molar-refractivity contribution in [3.8, 4) is 5.75 Å². The molecule has 5 nitrogen and oxygen atoms in total. The van der Waals surface area contributed by atoms with Crippen molar-refractivity contribution in [2.24, 2.45) is 4.99 Å². The van der Waals surface area contributed by atoms with Crippen LogP contribution in [0.2, 0.25) is 0 Å². The van der Waals surface area contributed by atoms with Gasteiger partial charge in [0.05, 0.1) is 18.7 Å². The number of ether oxygens (including phenoxy) is 1.